The van der Waals surface area contributed by atoms with E-state index in [0.29, 0.717) is 10.0 Å². The zero-order valence-corrected chi connectivity index (χ0v) is 15.5. The lowest BCUT2D eigenvalue weighted by Crippen LogP contribution is -1.99. The molecule has 3 rings (SSSR count). The van der Waals surface area contributed by atoms with E-state index >= 15 is 0 Å². The van der Waals surface area contributed by atoms with Crippen molar-refractivity contribution in [2.45, 2.75) is 13.8 Å². The van der Waals surface area contributed by atoms with Crippen LogP contribution in [0, 0.1) is 13.8 Å². The van der Waals surface area contributed by atoms with Crippen molar-refractivity contribution >= 4 is 46.7 Å². The van der Waals surface area contributed by atoms with Gasteiger partial charge in [0.2, 0.25) is 0 Å². The van der Waals surface area contributed by atoms with Gasteiger partial charge in [0.05, 0.1) is 15.7 Å². The van der Waals surface area contributed by atoms with Gasteiger partial charge in [-0.2, -0.15) is 0 Å². The first-order valence-electron chi connectivity index (χ1n) is 7.39. The zero-order valence-electron chi connectivity index (χ0n) is 13.2. The molecule has 122 valence electrons. The number of rotatable bonds is 3. The fraction of sp³-hybridized carbons (Fsp3) is 0.105. The van der Waals surface area contributed by atoms with Gasteiger partial charge in [0.25, 0.3) is 0 Å². The molecule has 1 heterocycles. The van der Waals surface area contributed by atoms with Crippen molar-refractivity contribution in [1.29, 1.82) is 0 Å². The number of hydrogen-bond donors (Lipinski definition) is 0. The van der Waals surface area contributed by atoms with Gasteiger partial charge in [0, 0.05) is 33.9 Å². The Hall–Kier alpha value is -1.74. The van der Waals surface area contributed by atoms with Gasteiger partial charge in [0.1, 0.15) is 0 Å². The van der Waals surface area contributed by atoms with Gasteiger partial charge in [-0.15, -0.1) is 0 Å². The smallest absolute Gasteiger partial charge is 0.0645 e. The molecule has 24 heavy (non-hydrogen) atoms. The van der Waals surface area contributed by atoms with Crippen LogP contribution in [-0.2, 0) is 0 Å². The summed E-state index contributed by atoms with van der Waals surface area (Å²) in [6.45, 7) is 4.13. The Morgan fingerprint density at radius 2 is 1.58 bits per heavy atom. The van der Waals surface area contributed by atoms with E-state index in [9.17, 15) is 0 Å². The normalized spacial score (nSPS) is 11.4. The lowest BCUT2D eigenvalue weighted by Gasteiger charge is -2.09. The van der Waals surface area contributed by atoms with Gasteiger partial charge in [-0.1, -0.05) is 34.8 Å². The fourth-order valence-electron chi connectivity index (χ4n) is 2.62. The lowest BCUT2D eigenvalue weighted by molar-refractivity contribution is 0.965. The van der Waals surface area contributed by atoms with Crippen molar-refractivity contribution in [1.82, 2.24) is 4.57 Å². The number of aliphatic imine (C=N–C) groups is 1. The van der Waals surface area contributed by atoms with Crippen LogP contribution in [0.2, 0.25) is 15.1 Å². The predicted molar refractivity (Wildman–Crippen MR) is 104 cm³/mol. The minimum atomic E-state index is 0.498. The molecule has 0 aliphatic heterocycles. The Labute approximate surface area is 156 Å². The van der Waals surface area contributed by atoms with Crippen LogP contribution >= 0.6 is 34.8 Å². The monoisotopic (exact) mass is 376 g/mol. The highest BCUT2D eigenvalue weighted by molar-refractivity contribution is 6.42. The summed E-state index contributed by atoms with van der Waals surface area (Å²) in [5, 5.41) is 1.75. The third-order valence-electron chi connectivity index (χ3n) is 3.81. The molecular weight excluding hydrogens is 363 g/mol. The molecule has 0 saturated heterocycles. The molecule has 2 aromatic carbocycles. The molecule has 0 radical (unpaired) electrons. The lowest BCUT2D eigenvalue weighted by atomic mass is 10.2. The van der Waals surface area contributed by atoms with E-state index in [-0.39, 0.29) is 0 Å². The fourth-order valence-corrected chi connectivity index (χ4v) is 3.03. The van der Waals surface area contributed by atoms with Gasteiger partial charge in [0.15, 0.2) is 0 Å². The molecule has 0 spiro atoms. The number of hydrogen-bond acceptors (Lipinski definition) is 1. The highest BCUT2D eigenvalue weighted by atomic mass is 35.5. The SMILES string of the molecule is Cc1cc(C=Nc2ccc(Cl)c(Cl)c2)c(C)n1-c1ccc(Cl)cc1. The molecule has 0 unspecified atom stereocenters. The highest BCUT2D eigenvalue weighted by Gasteiger charge is 2.09. The van der Waals surface area contributed by atoms with E-state index in [4.69, 9.17) is 34.8 Å². The zero-order chi connectivity index (χ0) is 17.3. The molecule has 0 fully saturated rings. The Bertz CT molecular complexity index is 909. The third kappa shape index (κ3) is 3.51. The molecule has 0 amide bonds. The maximum Gasteiger partial charge on any atom is 0.0645 e. The van der Waals surface area contributed by atoms with Crippen molar-refractivity contribution in [3.63, 3.8) is 0 Å². The van der Waals surface area contributed by atoms with Crippen LogP contribution in [0.5, 0.6) is 0 Å². The molecule has 0 atom stereocenters. The van der Waals surface area contributed by atoms with Crippen molar-refractivity contribution in [2.24, 2.45) is 4.99 Å². The van der Waals surface area contributed by atoms with Gasteiger partial charge in [-0.05, 0) is 62.4 Å². The van der Waals surface area contributed by atoms with Crippen molar-refractivity contribution in [3.8, 4) is 5.69 Å². The molecule has 0 N–H and O–H groups in total. The van der Waals surface area contributed by atoms with Crippen LogP contribution in [0.1, 0.15) is 17.0 Å². The minimum absolute atomic E-state index is 0.498. The Morgan fingerprint density at radius 1 is 0.875 bits per heavy atom. The van der Waals surface area contributed by atoms with E-state index in [2.05, 4.69) is 29.5 Å². The summed E-state index contributed by atoms with van der Waals surface area (Å²) in [5.74, 6) is 0. The van der Waals surface area contributed by atoms with E-state index < -0.39 is 0 Å². The Morgan fingerprint density at radius 3 is 2.25 bits per heavy atom. The van der Waals surface area contributed by atoms with Gasteiger partial charge in [-0.25, -0.2) is 0 Å². The van der Waals surface area contributed by atoms with Crippen LogP contribution in [0.25, 0.3) is 5.69 Å². The molecule has 0 saturated carbocycles. The summed E-state index contributed by atoms with van der Waals surface area (Å²) in [4.78, 5) is 4.50. The first kappa shape index (κ1) is 17.1. The quantitative estimate of drug-likeness (QED) is 0.446. The first-order chi connectivity index (χ1) is 11.5. The molecular formula is C19H15Cl3N2. The van der Waals surface area contributed by atoms with Gasteiger partial charge < -0.3 is 4.57 Å². The molecule has 0 aliphatic rings. The first-order valence-corrected chi connectivity index (χ1v) is 8.53. The molecule has 0 bridgehead atoms. The number of nitrogens with zero attached hydrogens (tertiary/aromatic N) is 2. The maximum atomic E-state index is 6.03. The summed E-state index contributed by atoms with van der Waals surface area (Å²) in [6, 6.07) is 15.2. The van der Waals surface area contributed by atoms with E-state index in [0.717, 1.165) is 33.3 Å². The third-order valence-corrected chi connectivity index (χ3v) is 4.80. The standard InChI is InChI=1S/C19H15Cl3N2/c1-12-9-14(11-23-16-5-8-18(21)19(22)10-16)13(2)24(12)17-6-3-15(20)4-7-17/h3-11H,1-2H3. The number of aromatic nitrogens is 1. The van der Waals surface area contributed by atoms with Crippen LogP contribution in [0.15, 0.2) is 53.5 Å². The molecule has 2 nitrogen and oxygen atoms in total. The largest absolute Gasteiger partial charge is 0.318 e. The summed E-state index contributed by atoms with van der Waals surface area (Å²) >= 11 is 17.9. The van der Waals surface area contributed by atoms with Crippen molar-refractivity contribution < 1.29 is 0 Å². The van der Waals surface area contributed by atoms with E-state index in [1.54, 1.807) is 12.1 Å². The summed E-state index contributed by atoms with van der Waals surface area (Å²) < 4.78 is 2.17. The van der Waals surface area contributed by atoms with Crippen LogP contribution in [0.4, 0.5) is 5.69 Å². The summed E-state index contributed by atoms with van der Waals surface area (Å²) in [6.07, 6.45) is 1.84. The average molecular weight is 378 g/mol. The summed E-state index contributed by atoms with van der Waals surface area (Å²) in [5.41, 5.74) is 5.13. The average Bonchev–Trinajstić information content (AvgIpc) is 2.84. The second-order valence-electron chi connectivity index (χ2n) is 5.49. The molecule has 5 heteroatoms. The van der Waals surface area contributed by atoms with Crippen molar-refractivity contribution in [2.75, 3.05) is 0 Å². The number of benzene rings is 2. The predicted octanol–water partition coefficient (Wildman–Crippen LogP) is 6.80. The highest BCUT2D eigenvalue weighted by Crippen LogP contribution is 2.27. The second kappa shape index (κ2) is 7.02. The van der Waals surface area contributed by atoms with Crippen molar-refractivity contribution in [3.05, 3.63) is 80.6 Å². The Kier molecular flexibility index (Phi) is 5.00. The number of aryl methyl sites for hydroxylation is 1. The molecule has 0 aliphatic carbocycles. The van der Waals surface area contributed by atoms with Gasteiger partial charge >= 0.3 is 0 Å². The minimum Gasteiger partial charge on any atom is -0.318 e. The van der Waals surface area contributed by atoms with Gasteiger partial charge in [-0.3, -0.25) is 4.99 Å². The number of halogens is 3. The van der Waals surface area contributed by atoms with Crippen LogP contribution < -0.4 is 0 Å². The van der Waals surface area contributed by atoms with E-state index in [1.165, 1.54) is 0 Å². The second-order valence-corrected chi connectivity index (χ2v) is 6.75. The molecule has 1 aromatic heterocycles. The maximum absolute atomic E-state index is 6.03. The van der Waals surface area contributed by atoms with Crippen LogP contribution in [0.3, 0.4) is 0 Å². The Balaban J connectivity index is 1.95. The summed E-state index contributed by atoms with van der Waals surface area (Å²) in [7, 11) is 0. The van der Waals surface area contributed by atoms with Crippen LogP contribution in [-0.4, -0.2) is 10.8 Å². The topological polar surface area (TPSA) is 17.3 Å². The molecule has 3 aromatic rings. The van der Waals surface area contributed by atoms with E-state index in [1.807, 2.05) is 36.5 Å².